The molecule has 0 unspecified atom stereocenters. The summed E-state index contributed by atoms with van der Waals surface area (Å²) in [5, 5.41) is 0. The maximum absolute atomic E-state index is 13.7. The predicted molar refractivity (Wildman–Crippen MR) is 58.7 cm³/mol. The molecule has 2 nitrogen and oxygen atoms in total. The summed E-state index contributed by atoms with van der Waals surface area (Å²) in [6, 6.07) is 2.40. The Labute approximate surface area is 97.9 Å². The average molecular weight is 238 g/mol. The van der Waals surface area contributed by atoms with Crippen molar-refractivity contribution in [1.82, 2.24) is 0 Å². The fourth-order valence-electron chi connectivity index (χ4n) is 1.70. The van der Waals surface area contributed by atoms with Crippen molar-refractivity contribution < 1.29 is 18.3 Å². The van der Waals surface area contributed by atoms with E-state index in [1.165, 1.54) is 13.0 Å². The molecule has 1 aromatic carbocycles. The first-order chi connectivity index (χ1) is 8.11. The molecule has 0 radical (unpaired) electrons. The van der Waals surface area contributed by atoms with Crippen LogP contribution in [0.2, 0.25) is 0 Å². The van der Waals surface area contributed by atoms with E-state index in [1.807, 2.05) is 0 Å². The summed E-state index contributed by atoms with van der Waals surface area (Å²) in [7, 11) is 0. The van der Waals surface area contributed by atoms with Gasteiger partial charge >= 0.3 is 0 Å². The molecule has 1 heterocycles. The lowest BCUT2D eigenvalue weighted by molar-refractivity contribution is 0.0890. The predicted octanol–water partition coefficient (Wildman–Crippen LogP) is 3.15. The lowest BCUT2D eigenvalue weighted by atomic mass is 10.0. The largest absolute Gasteiger partial charge is 0.490 e. The molecule has 17 heavy (non-hydrogen) atoms. The Kier molecular flexibility index (Phi) is 3.22. The molecule has 4 heteroatoms. The van der Waals surface area contributed by atoms with Crippen molar-refractivity contribution in [2.24, 2.45) is 0 Å². The lowest BCUT2D eigenvalue weighted by Crippen LogP contribution is -2.15. The number of allylic oxidation sites excluding steroid dienone is 2. The highest BCUT2D eigenvalue weighted by Crippen LogP contribution is 2.22. The Balaban J connectivity index is 2.43. The normalized spacial score (nSPS) is 15.1. The summed E-state index contributed by atoms with van der Waals surface area (Å²) < 4.78 is 32.3. The van der Waals surface area contributed by atoms with Crippen molar-refractivity contribution in [1.29, 1.82) is 0 Å². The number of aryl methyl sites for hydroxylation is 1. The third-order valence-corrected chi connectivity index (χ3v) is 2.67. The number of ether oxygens (including phenoxy) is 1. The molecule has 0 aromatic heterocycles. The van der Waals surface area contributed by atoms with Crippen molar-refractivity contribution in [3.05, 3.63) is 46.7 Å². The summed E-state index contributed by atoms with van der Waals surface area (Å²) in [5.74, 6) is -2.35. The van der Waals surface area contributed by atoms with Crippen LogP contribution in [0.15, 0.2) is 24.0 Å². The highest BCUT2D eigenvalue weighted by atomic mass is 19.1. The second-order valence-corrected chi connectivity index (χ2v) is 3.94. The van der Waals surface area contributed by atoms with Crippen molar-refractivity contribution in [2.45, 2.75) is 19.8 Å². The SMILES string of the molecule is Cc1ccc(F)c(C(=O)C2=CCCCO2)c1F. The second kappa shape index (κ2) is 4.65. The number of carbonyl (C=O) groups is 1. The Morgan fingerprint density at radius 2 is 2.12 bits per heavy atom. The van der Waals surface area contributed by atoms with Gasteiger partial charge in [-0.25, -0.2) is 8.78 Å². The van der Waals surface area contributed by atoms with Gasteiger partial charge in [0.1, 0.15) is 11.6 Å². The van der Waals surface area contributed by atoms with Gasteiger partial charge in [-0.2, -0.15) is 0 Å². The fourth-order valence-corrected chi connectivity index (χ4v) is 1.70. The van der Waals surface area contributed by atoms with Crippen LogP contribution >= 0.6 is 0 Å². The fraction of sp³-hybridized carbons (Fsp3) is 0.308. The van der Waals surface area contributed by atoms with Crippen LogP contribution in [0.3, 0.4) is 0 Å². The van der Waals surface area contributed by atoms with Crippen LogP contribution in [0.25, 0.3) is 0 Å². The van der Waals surface area contributed by atoms with E-state index in [9.17, 15) is 13.6 Å². The molecule has 90 valence electrons. The van der Waals surface area contributed by atoms with Crippen LogP contribution in [0.5, 0.6) is 0 Å². The molecule has 0 amide bonds. The molecular weight excluding hydrogens is 226 g/mol. The minimum atomic E-state index is -0.854. The zero-order chi connectivity index (χ0) is 12.4. The van der Waals surface area contributed by atoms with Gasteiger partial charge in [-0.05, 0) is 37.5 Å². The van der Waals surface area contributed by atoms with Gasteiger partial charge in [-0.3, -0.25) is 4.79 Å². The Hall–Kier alpha value is -1.71. The molecule has 0 atom stereocenters. The third-order valence-electron chi connectivity index (χ3n) is 2.67. The van der Waals surface area contributed by atoms with Crippen LogP contribution in [-0.2, 0) is 4.74 Å². The number of carbonyl (C=O) groups excluding carboxylic acids is 1. The third kappa shape index (κ3) is 2.20. The van der Waals surface area contributed by atoms with E-state index in [4.69, 9.17) is 4.74 Å². The van der Waals surface area contributed by atoms with Crippen LogP contribution in [0.4, 0.5) is 8.78 Å². The van der Waals surface area contributed by atoms with E-state index < -0.39 is 23.0 Å². The van der Waals surface area contributed by atoms with E-state index in [0.29, 0.717) is 13.0 Å². The van der Waals surface area contributed by atoms with Crippen molar-refractivity contribution in [3.8, 4) is 0 Å². The zero-order valence-electron chi connectivity index (χ0n) is 9.43. The maximum atomic E-state index is 13.7. The van der Waals surface area contributed by atoms with Gasteiger partial charge in [0.25, 0.3) is 0 Å². The standard InChI is InChI=1S/C13H12F2O2/c1-8-5-6-9(14)11(12(8)15)13(16)10-4-2-3-7-17-10/h4-6H,2-3,7H2,1H3. The van der Waals surface area contributed by atoms with Crippen LogP contribution in [-0.4, -0.2) is 12.4 Å². The van der Waals surface area contributed by atoms with E-state index in [0.717, 1.165) is 12.5 Å². The molecular formula is C13H12F2O2. The number of halogens is 2. The van der Waals surface area contributed by atoms with Gasteiger partial charge in [0.05, 0.1) is 12.2 Å². The van der Waals surface area contributed by atoms with Gasteiger partial charge in [-0.1, -0.05) is 6.07 Å². The molecule has 0 spiro atoms. The highest BCUT2D eigenvalue weighted by Gasteiger charge is 2.24. The molecule has 0 fully saturated rings. The van der Waals surface area contributed by atoms with E-state index in [1.54, 1.807) is 6.08 Å². The van der Waals surface area contributed by atoms with Crippen molar-refractivity contribution in [2.75, 3.05) is 6.61 Å². The summed E-state index contributed by atoms with van der Waals surface area (Å²) >= 11 is 0. The summed E-state index contributed by atoms with van der Waals surface area (Å²) in [6.45, 7) is 1.90. The second-order valence-electron chi connectivity index (χ2n) is 3.94. The first-order valence-electron chi connectivity index (χ1n) is 5.43. The van der Waals surface area contributed by atoms with Crippen molar-refractivity contribution in [3.63, 3.8) is 0 Å². The Bertz CT molecular complexity index is 492. The van der Waals surface area contributed by atoms with E-state index in [-0.39, 0.29) is 11.3 Å². The van der Waals surface area contributed by atoms with Gasteiger partial charge < -0.3 is 4.74 Å². The van der Waals surface area contributed by atoms with Crippen LogP contribution in [0, 0.1) is 18.6 Å². The van der Waals surface area contributed by atoms with Crippen LogP contribution < -0.4 is 0 Å². The number of rotatable bonds is 2. The van der Waals surface area contributed by atoms with Gasteiger partial charge in [0.2, 0.25) is 5.78 Å². The summed E-state index contributed by atoms with van der Waals surface area (Å²) in [6.07, 6.45) is 3.08. The highest BCUT2D eigenvalue weighted by molar-refractivity contribution is 6.07. The Morgan fingerprint density at radius 3 is 2.76 bits per heavy atom. The number of benzene rings is 1. The minimum Gasteiger partial charge on any atom is -0.490 e. The average Bonchev–Trinajstić information content (AvgIpc) is 2.35. The molecule has 1 aromatic rings. The number of ketones is 1. The topological polar surface area (TPSA) is 26.3 Å². The minimum absolute atomic E-state index is 0.0413. The van der Waals surface area contributed by atoms with Crippen LogP contribution in [0.1, 0.15) is 28.8 Å². The monoisotopic (exact) mass is 238 g/mol. The number of hydrogen-bond acceptors (Lipinski definition) is 2. The van der Waals surface area contributed by atoms with E-state index in [2.05, 4.69) is 0 Å². The van der Waals surface area contributed by atoms with Gasteiger partial charge in [-0.15, -0.1) is 0 Å². The quantitative estimate of drug-likeness (QED) is 0.740. The first-order valence-corrected chi connectivity index (χ1v) is 5.43. The smallest absolute Gasteiger partial charge is 0.233 e. The molecule has 0 bridgehead atoms. The molecule has 0 N–H and O–H groups in total. The first kappa shape index (κ1) is 11.8. The number of Topliss-reactive ketones (excluding diaryl/α,β-unsaturated/α-hetero) is 1. The van der Waals surface area contributed by atoms with Crippen molar-refractivity contribution >= 4 is 5.78 Å². The molecule has 0 aliphatic carbocycles. The molecule has 0 saturated carbocycles. The van der Waals surface area contributed by atoms with E-state index >= 15 is 0 Å². The zero-order valence-corrected chi connectivity index (χ0v) is 9.43. The lowest BCUT2D eigenvalue weighted by Gasteiger charge is -2.14. The summed E-state index contributed by atoms with van der Waals surface area (Å²) in [4.78, 5) is 11.9. The molecule has 1 aliphatic heterocycles. The van der Waals surface area contributed by atoms with Gasteiger partial charge in [0.15, 0.2) is 5.76 Å². The maximum Gasteiger partial charge on any atom is 0.233 e. The van der Waals surface area contributed by atoms with Gasteiger partial charge in [0, 0.05) is 0 Å². The molecule has 0 saturated heterocycles. The number of hydrogen-bond donors (Lipinski definition) is 0. The molecule has 2 rings (SSSR count). The Morgan fingerprint density at radius 1 is 1.35 bits per heavy atom. The molecule has 1 aliphatic rings. The summed E-state index contributed by atoms with van der Waals surface area (Å²) in [5.41, 5.74) is -0.288.